The van der Waals surface area contributed by atoms with Crippen LogP contribution in [0.15, 0.2) is 54.6 Å². The van der Waals surface area contributed by atoms with Crippen LogP contribution in [0.3, 0.4) is 0 Å². The summed E-state index contributed by atoms with van der Waals surface area (Å²) in [5.74, 6) is -3.89. The molecule has 0 bridgehead atoms. The molecule has 7 rings (SSSR count). The zero-order chi connectivity index (χ0) is 29.7. The van der Waals surface area contributed by atoms with Gasteiger partial charge in [-0.05, 0) is 23.8 Å². The van der Waals surface area contributed by atoms with Crippen molar-refractivity contribution in [3.63, 3.8) is 0 Å². The van der Waals surface area contributed by atoms with E-state index in [-0.39, 0.29) is 57.6 Å². The van der Waals surface area contributed by atoms with Crippen molar-refractivity contribution in [2.24, 2.45) is 0 Å². The van der Waals surface area contributed by atoms with E-state index in [2.05, 4.69) is 0 Å². The number of ether oxygens (including phenoxy) is 3. The van der Waals surface area contributed by atoms with Gasteiger partial charge in [-0.1, -0.05) is 12.1 Å². The lowest BCUT2D eigenvalue weighted by Crippen LogP contribution is -2.59. The number of ketones is 3. The van der Waals surface area contributed by atoms with E-state index in [1.807, 2.05) is 0 Å². The smallest absolute Gasteiger partial charge is 0.202 e. The van der Waals surface area contributed by atoms with Crippen LogP contribution >= 0.6 is 0 Å². The average molecular weight is 574 g/mol. The summed E-state index contributed by atoms with van der Waals surface area (Å²) in [7, 11) is 0. The number of fused-ring (bicyclic) bond motifs is 5. The van der Waals surface area contributed by atoms with Crippen LogP contribution in [0.5, 0.6) is 40.2 Å². The van der Waals surface area contributed by atoms with Crippen molar-refractivity contribution in [2.75, 3.05) is 0 Å². The molecule has 214 valence electrons. The number of phenolic OH excluding ortho intramolecular Hbond substituents is 4. The third-order valence-electron chi connectivity index (χ3n) is 8.25. The van der Waals surface area contributed by atoms with Crippen molar-refractivity contribution >= 4 is 17.3 Å². The molecule has 0 saturated carbocycles. The van der Waals surface area contributed by atoms with Gasteiger partial charge in [-0.25, -0.2) is 0 Å². The largest absolute Gasteiger partial charge is 0.508 e. The first-order chi connectivity index (χ1) is 20.0. The number of carbonyl (C=O) groups is 3. The van der Waals surface area contributed by atoms with Crippen molar-refractivity contribution in [1.29, 1.82) is 0 Å². The molecule has 42 heavy (non-hydrogen) atoms. The Bertz CT molecular complexity index is 1760. The molecule has 0 fully saturated rings. The van der Waals surface area contributed by atoms with Crippen LogP contribution in [0.1, 0.15) is 44.4 Å². The van der Waals surface area contributed by atoms with Gasteiger partial charge in [0.25, 0.3) is 0 Å². The number of aliphatic hydroxyl groups is 2. The monoisotopic (exact) mass is 574 g/mol. The van der Waals surface area contributed by atoms with Crippen LogP contribution < -0.4 is 14.2 Å². The number of hydrogen-bond acceptors (Lipinski definition) is 12. The van der Waals surface area contributed by atoms with Gasteiger partial charge in [0.15, 0.2) is 24.1 Å². The van der Waals surface area contributed by atoms with Crippen LogP contribution in [0.25, 0.3) is 0 Å². The van der Waals surface area contributed by atoms with E-state index < -0.39 is 59.0 Å². The van der Waals surface area contributed by atoms with E-state index in [0.717, 1.165) is 24.3 Å². The highest BCUT2D eigenvalue weighted by atomic mass is 16.5. The van der Waals surface area contributed by atoms with E-state index in [1.54, 1.807) is 6.07 Å². The fourth-order valence-electron chi connectivity index (χ4n) is 6.35. The molecule has 0 saturated heterocycles. The fraction of sp³-hybridized carbons (Fsp3) is 0.233. The fourth-order valence-corrected chi connectivity index (χ4v) is 6.35. The van der Waals surface area contributed by atoms with Gasteiger partial charge in [0.05, 0.1) is 5.41 Å². The molecule has 0 spiro atoms. The van der Waals surface area contributed by atoms with Gasteiger partial charge in [0.2, 0.25) is 11.6 Å². The first-order valence-corrected chi connectivity index (χ1v) is 12.9. The van der Waals surface area contributed by atoms with E-state index in [4.69, 9.17) is 14.2 Å². The summed E-state index contributed by atoms with van der Waals surface area (Å²) < 4.78 is 18.1. The number of Topliss-reactive ketones (excluding diaryl/α,β-unsaturated/α-hetero) is 2. The van der Waals surface area contributed by atoms with Gasteiger partial charge < -0.3 is 44.8 Å². The zero-order valence-corrected chi connectivity index (χ0v) is 21.4. The van der Waals surface area contributed by atoms with Crippen LogP contribution in [-0.4, -0.2) is 72.4 Å². The molecule has 0 unspecified atom stereocenters. The number of aromatic hydroxyl groups is 4. The Morgan fingerprint density at radius 2 is 1.33 bits per heavy atom. The molecule has 6 atom stereocenters. The van der Waals surface area contributed by atoms with Crippen LogP contribution in [0.2, 0.25) is 0 Å². The number of carbonyl (C=O) groups excluding carboxylic acids is 3. The maximum atomic E-state index is 13.3. The highest BCUT2D eigenvalue weighted by molar-refractivity contribution is 6.06. The highest BCUT2D eigenvalue weighted by Crippen LogP contribution is 2.54. The molecule has 0 aromatic heterocycles. The molecule has 4 aliphatic rings. The standard InChI is InChI=1S/C30H22O12/c31-12-3-4-30(29-27(39)25(37)23-17(35)7-14(33)9-20(23)42-29)15-5-11(1-2-18(15)40-21(30)10-12)28-26(38)24(36)22-16(34)6-13(32)8-19(22)41-28/h1-9,21,26-29,32-35,38-39H,10H2/t21-,26+,27+,28+,29-,30+/m1/s1. The summed E-state index contributed by atoms with van der Waals surface area (Å²) in [5, 5.41) is 62.5. The van der Waals surface area contributed by atoms with E-state index in [1.165, 1.54) is 24.3 Å². The third-order valence-corrected chi connectivity index (χ3v) is 8.25. The molecule has 0 amide bonds. The molecule has 3 aliphatic heterocycles. The summed E-state index contributed by atoms with van der Waals surface area (Å²) in [4.78, 5) is 38.8. The lowest BCUT2D eigenvalue weighted by atomic mass is 9.65. The topological polar surface area (TPSA) is 200 Å². The molecule has 6 N–H and O–H groups in total. The first kappa shape index (κ1) is 25.9. The SMILES string of the molecule is O=C1C=C[C@]2([C@@H]3Oc4cc(O)cc(O)c4C(=O)[C@@H]3O)c3cc([C@@H]4Oc5cc(O)cc(O)c5C(=O)[C@@H]4O)ccc3O[C@@H]2C1. The van der Waals surface area contributed by atoms with Gasteiger partial charge in [-0.3, -0.25) is 14.4 Å². The predicted octanol–water partition coefficient (Wildman–Crippen LogP) is 1.72. The number of phenols is 4. The summed E-state index contributed by atoms with van der Waals surface area (Å²) in [6.45, 7) is 0. The molecule has 0 radical (unpaired) electrons. The molecule has 3 aromatic rings. The summed E-state index contributed by atoms with van der Waals surface area (Å²) in [5.41, 5.74) is -1.43. The molecule has 3 aromatic carbocycles. The Kier molecular flexibility index (Phi) is 5.37. The lowest BCUT2D eigenvalue weighted by Gasteiger charge is -2.44. The van der Waals surface area contributed by atoms with Crippen molar-refractivity contribution < 1.29 is 59.2 Å². The minimum Gasteiger partial charge on any atom is -0.508 e. The summed E-state index contributed by atoms with van der Waals surface area (Å²) >= 11 is 0. The van der Waals surface area contributed by atoms with Gasteiger partial charge >= 0.3 is 0 Å². The van der Waals surface area contributed by atoms with E-state index in [0.29, 0.717) is 5.56 Å². The summed E-state index contributed by atoms with van der Waals surface area (Å²) in [6.07, 6.45) is -4.58. The van der Waals surface area contributed by atoms with Gasteiger partial charge in [-0.15, -0.1) is 0 Å². The minimum absolute atomic E-state index is 0.133. The normalized spacial score (nSPS) is 29.0. The third kappa shape index (κ3) is 3.45. The maximum Gasteiger partial charge on any atom is 0.202 e. The number of hydrogen-bond donors (Lipinski definition) is 6. The molecule has 1 aliphatic carbocycles. The second-order valence-corrected chi connectivity index (χ2v) is 10.7. The van der Waals surface area contributed by atoms with Crippen LogP contribution in [0, 0.1) is 0 Å². The van der Waals surface area contributed by atoms with Crippen molar-refractivity contribution in [3.8, 4) is 40.2 Å². The Labute approximate surface area is 236 Å². The van der Waals surface area contributed by atoms with E-state index in [9.17, 15) is 45.0 Å². The second kappa shape index (κ2) is 8.71. The summed E-state index contributed by atoms with van der Waals surface area (Å²) in [6, 6.07) is 8.76. The van der Waals surface area contributed by atoms with Crippen LogP contribution in [-0.2, 0) is 10.2 Å². The highest BCUT2D eigenvalue weighted by Gasteiger charge is 2.60. The zero-order valence-electron chi connectivity index (χ0n) is 21.4. The lowest BCUT2D eigenvalue weighted by molar-refractivity contribution is -0.118. The van der Waals surface area contributed by atoms with Gasteiger partial charge in [0, 0.05) is 36.2 Å². The molecule has 12 nitrogen and oxygen atoms in total. The molecular formula is C30H22O12. The van der Waals surface area contributed by atoms with E-state index >= 15 is 0 Å². The van der Waals surface area contributed by atoms with Crippen molar-refractivity contribution in [1.82, 2.24) is 0 Å². The second-order valence-electron chi connectivity index (χ2n) is 10.7. The molecule has 3 heterocycles. The molecule has 12 heteroatoms. The van der Waals surface area contributed by atoms with Gasteiger partial charge in [0.1, 0.15) is 63.6 Å². The van der Waals surface area contributed by atoms with Crippen molar-refractivity contribution in [2.45, 2.75) is 42.4 Å². The van der Waals surface area contributed by atoms with Crippen molar-refractivity contribution in [3.05, 3.63) is 76.9 Å². The Morgan fingerprint density at radius 1 is 0.714 bits per heavy atom. The number of allylic oxidation sites excluding steroid dienone is 1. The average Bonchev–Trinajstić information content (AvgIpc) is 3.25. The minimum atomic E-state index is -1.83. The number of aliphatic hydroxyl groups excluding tert-OH is 2. The Balaban J connectivity index is 1.36. The quantitative estimate of drug-likeness (QED) is 0.259. The Hall–Kier alpha value is -5.07. The predicted molar refractivity (Wildman–Crippen MR) is 139 cm³/mol. The van der Waals surface area contributed by atoms with Gasteiger partial charge in [-0.2, -0.15) is 0 Å². The Morgan fingerprint density at radius 3 is 2.00 bits per heavy atom. The van der Waals surface area contributed by atoms with Crippen LogP contribution in [0.4, 0.5) is 0 Å². The molecular weight excluding hydrogens is 552 g/mol. The number of benzene rings is 3. The first-order valence-electron chi connectivity index (χ1n) is 12.9. The number of rotatable bonds is 2. The maximum absolute atomic E-state index is 13.3.